The number of thiophene rings is 2. The molecule has 0 aliphatic carbocycles. The van der Waals surface area contributed by atoms with Crippen LogP contribution in [0.5, 0.6) is 0 Å². The highest BCUT2D eigenvalue weighted by molar-refractivity contribution is 7.26. The molecule has 61 heavy (non-hydrogen) atoms. The van der Waals surface area contributed by atoms with Gasteiger partial charge in [0.1, 0.15) is 0 Å². The van der Waals surface area contributed by atoms with Crippen molar-refractivity contribution in [1.82, 2.24) is 0 Å². The fraction of sp³-hybridized carbons (Fsp3) is 0. The summed E-state index contributed by atoms with van der Waals surface area (Å²) in [5.74, 6) is 0. The highest BCUT2D eigenvalue weighted by Gasteiger charge is 2.22. The summed E-state index contributed by atoms with van der Waals surface area (Å²) < 4.78 is 5.25. The molecule has 0 spiro atoms. The van der Waals surface area contributed by atoms with Crippen molar-refractivity contribution in [3.8, 4) is 44.5 Å². The highest BCUT2D eigenvalue weighted by atomic mass is 32.1. The summed E-state index contributed by atoms with van der Waals surface area (Å²) in [6, 6.07) is 82.6. The van der Waals surface area contributed by atoms with Crippen LogP contribution in [0.4, 0.5) is 17.1 Å². The summed E-state index contributed by atoms with van der Waals surface area (Å²) in [6.07, 6.45) is 0. The SMILES string of the molecule is c1ccc(-c2ccccc2N(c2ccc(-c3ccc4c(c3)sc3ccccc34)cc2)c2ccccc2-c2ccc3c(c2)sc2ccccc23)c(-c2ccc3ccccc3c2)c1. The quantitative estimate of drug-likeness (QED) is 0.155. The van der Waals surface area contributed by atoms with Gasteiger partial charge >= 0.3 is 0 Å². The van der Waals surface area contributed by atoms with Crippen molar-refractivity contribution in [3.63, 3.8) is 0 Å². The number of hydrogen-bond donors (Lipinski definition) is 0. The van der Waals surface area contributed by atoms with Crippen molar-refractivity contribution < 1.29 is 0 Å². The van der Waals surface area contributed by atoms with Gasteiger partial charge in [-0.05, 0) is 98.8 Å². The molecule has 0 saturated heterocycles. The first-order chi connectivity index (χ1) is 30.2. The second-order valence-corrected chi connectivity index (χ2v) is 17.8. The minimum Gasteiger partial charge on any atom is -0.309 e. The van der Waals surface area contributed by atoms with E-state index in [2.05, 4.69) is 229 Å². The van der Waals surface area contributed by atoms with E-state index in [1.807, 2.05) is 22.7 Å². The third-order valence-corrected chi connectivity index (χ3v) is 14.4. The highest BCUT2D eigenvalue weighted by Crippen LogP contribution is 2.48. The van der Waals surface area contributed by atoms with Crippen LogP contribution in [0, 0.1) is 0 Å². The van der Waals surface area contributed by atoms with Gasteiger partial charge in [-0.25, -0.2) is 0 Å². The molecule has 3 heteroatoms. The molecule has 0 bridgehead atoms. The number of fused-ring (bicyclic) bond motifs is 7. The zero-order valence-corrected chi connectivity index (χ0v) is 34.8. The molecular weight excluding hydrogens is 775 g/mol. The van der Waals surface area contributed by atoms with E-state index in [0.29, 0.717) is 0 Å². The van der Waals surface area contributed by atoms with Crippen molar-refractivity contribution in [2.75, 3.05) is 4.90 Å². The summed E-state index contributed by atoms with van der Waals surface area (Å²) in [7, 11) is 0. The Bertz CT molecular complexity index is 3610. The molecule has 2 aromatic heterocycles. The molecule has 286 valence electrons. The molecule has 0 saturated carbocycles. The van der Waals surface area contributed by atoms with Gasteiger partial charge in [-0.2, -0.15) is 0 Å². The standard InChI is InChI=1S/C58H37NS2/c1-2-14-40-35-42(26-25-38(40)13-1)45-15-3-4-17-47(45)48-18-6-10-22-54(48)59(44-31-27-39(28-32-44)41-29-33-51-49-19-7-11-23-55(49)60-57(51)36-41)53-21-9-5-16-46(53)43-30-34-52-50-20-8-12-24-56(50)61-58(52)37-43/h1-37H. The van der Waals surface area contributed by atoms with E-state index in [-0.39, 0.29) is 0 Å². The molecule has 10 aromatic carbocycles. The lowest BCUT2D eigenvalue weighted by molar-refractivity contribution is 1.28. The van der Waals surface area contributed by atoms with E-state index in [4.69, 9.17) is 0 Å². The minimum absolute atomic E-state index is 1.10. The lowest BCUT2D eigenvalue weighted by Crippen LogP contribution is -2.12. The number of nitrogens with zero attached hydrogens (tertiary/aromatic N) is 1. The lowest BCUT2D eigenvalue weighted by atomic mass is 9.91. The molecule has 0 aliphatic rings. The number of para-hydroxylation sites is 2. The Labute approximate surface area is 362 Å². The molecule has 1 nitrogen and oxygen atoms in total. The van der Waals surface area contributed by atoms with Gasteiger partial charge in [0.15, 0.2) is 0 Å². The molecule has 0 radical (unpaired) electrons. The number of rotatable bonds is 7. The first-order valence-corrected chi connectivity index (χ1v) is 22.4. The van der Waals surface area contributed by atoms with E-state index in [1.165, 1.54) is 95.6 Å². The zero-order valence-electron chi connectivity index (χ0n) is 33.1. The van der Waals surface area contributed by atoms with E-state index < -0.39 is 0 Å². The molecule has 2 heterocycles. The van der Waals surface area contributed by atoms with Crippen LogP contribution in [0.1, 0.15) is 0 Å². The second kappa shape index (κ2) is 14.8. The summed E-state index contributed by atoms with van der Waals surface area (Å²) >= 11 is 3.73. The van der Waals surface area contributed by atoms with Crippen molar-refractivity contribution in [2.45, 2.75) is 0 Å². The molecule has 0 amide bonds. The first-order valence-electron chi connectivity index (χ1n) is 20.7. The predicted molar refractivity (Wildman–Crippen MR) is 266 cm³/mol. The Morgan fingerprint density at radius 3 is 1.43 bits per heavy atom. The summed E-state index contributed by atoms with van der Waals surface area (Å²) in [4.78, 5) is 2.47. The molecule has 12 aromatic rings. The van der Waals surface area contributed by atoms with Crippen LogP contribution in [0.3, 0.4) is 0 Å². The van der Waals surface area contributed by atoms with E-state index in [9.17, 15) is 0 Å². The van der Waals surface area contributed by atoms with Gasteiger partial charge in [0, 0.05) is 57.2 Å². The summed E-state index contributed by atoms with van der Waals surface area (Å²) in [5, 5.41) is 7.74. The molecule has 0 fully saturated rings. The lowest BCUT2D eigenvalue weighted by Gasteiger charge is -2.30. The van der Waals surface area contributed by atoms with Crippen LogP contribution in [0.2, 0.25) is 0 Å². The van der Waals surface area contributed by atoms with Crippen molar-refractivity contribution >= 4 is 90.9 Å². The number of benzene rings is 10. The van der Waals surface area contributed by atoms with Crippen LogP contribution in [-0.2, 0) is 0 Å². The maximum atomic E-state index is 2.47. The van der Waals surface area contributed by atoms with E-state index in [1.54, 1.807) is 0 Å². The number of anilines is 3. The fourth-order valence-electron chi connectivity index (χ4n) is 9.15. The van der Waals surface area contributed by atoms with Gasteiger partial charge in [0.05, 0.1) is 11.4 Å². The van der Waals surface area contributed by atoms with Crippen LogP contribution in [0.25, 0.3) is 95.6 Å². The molecule has 0 unspecified atom stereocenters. The van der Waals surface area contributed by atoms with Gasteiger partial charge in [0.2, 0.25) is 0 Å². The maximum absolute atomic E-state index is 2.47. The van der Waals surface area contributed by atoms with Crippen LogP contribution in [0.15, 0.2) is 224 Å². The average molecular weight is 812 g/mol. The smallest absolute Gasteiger partial charge is 0.0540 e. The predicted octanol–water partition coefficient (Wildman–Crippen LogP) is 17.7. The van der Waals surface area contributed by atoms with Crippen molar-refractivity contribution in [2.24, 2.45) is 0 Å². The molecule has 0 N–H and O–H groups in total. The van der Waals surface area contributed by atoms with Gasteiger partial charge in [0.25, 0.3) is 0 Å². The fourth-order valence-corrected chi connectivity index (χ4v) is 11.4. The molecule has 12 rings (SSSR count). The minimum atomic E-state index is 1.10. The van der Waals surface area contributed by atoms with Crippen LogP contribution < -0.4 is 4.90 Å². The monoisotopic (exact) mass is 811 g/mol. The van der Waals surface area contributed by atoms with Crippen LogP contribution >= 0.6 is 22.7 Å². The Morgan fingerprint density at radius 2 is 0.721 bits per heavy atom. The molecular formula is C58H37NS2. The Morgan fingerprint density at radius 1 is 0.262 bits per heavy atom. The second-order valence-electron chi connectivity index (χ2n) is 15.6. The molecule has 0 atom stereocenters. The summed E-state index contributed by atoms with van der Waals surface area (Å²) in [5.41, 5.74) is 12.9. The van der Waals surface area contributed by atoms with Gasteiger partial charge in [-0.3, -0.25) is 0 Å². The number of hydrogen-bond acceptors (Lipinski definition) is 3. The maximum Gasteiger partial charge on any atom is 0.0540 e. The van der Waals surface area contributed by atoms with Crippen LogP contribution in [-0.4, -0.2) is 0 Å². The zero-order chi connectivity index (χ0) is 40.3. The van der Waals surface area contributed by atoms with Gasteiger partial charge in [-0.1, -0.05) is 170 Å². The van der Waals surface area contributed by atoms with Crippen molar-refractivity contribution in [1.29, 1.82) is 0 Å². The van der Waals surface area contributed by atoms with Gasteiger partial charge < -0.3 is 4.90 Å². The Balaban J connectivity index is 1.03. The van der Waals surface area contributed by atoms with E-state index in [0.717, 1.165) is 17.1 Å². The Hall–Kier alpha value is -7.30. The first kappa shape index (κ1) is 35.6. The third kappa shape index (κ3) is 6.21. The van der Waals surface area contributed by atoms with Crippen molar-refractivity contribution in [3.05, 3.63) is 224 Å². The largest absolute Gasteiger partial charge is 0.309 e. The van der Waals surface area contributed by atoms with E-state index >= 15 is 0 Å². The topological polar surface area (TPSA) is 3.24 Å². The Kier molecular flexibility index (Phi) is 8.62. The third-order valence-electron chi connectivity index (χ3n) is 12.1. The summed E-state index contributed by atoms with van der Waals surface area (Å²) in [6.45, 7) is 0. The molecule has 0 aliphatic heterocycles. The normalized spacial score (nSPS) is 11.6. The van der Waals surface area contributed by atoms with Gasteiger partial charge in [-0.15, -0.1) is 22.7 Å². The average Bonchev–Trinajstić information content (AvgIpc) is 3.90.